The number of aryl methyl sites for hydroxylation is 1. The van der Waals surface area contributed by atoms with Gasteiger partial charge in [-0.2, -0.15) is 0 Å². The van der Waals surface area contributed by atoms with Crippen LogP contribution in [0.2, 0.25) is 0 Å². The lowest BCUT2D eigenvalue weighted by molar-refractivity contribution is -0.121. The van der Waals surface area contributed by atoms with E-state index in [1.807, 2.05) is 90.0 Å². The summed E-state index contributed by atoms with van der Waals surface area (Å²) in [6.07, 6.45) is 4.04. The highest BCUT2D eigenvalue weighted by Gasteiger charge is 2.70. The molecule has 1 aromatic heterocycles. The SMILES string of the molecule is Cc1ccc2c(c1)C=C[C@@H]1N2[C@H](C(=O)c2ccccc2)[C@@H](C(=O)c2cccs2)[C@@]12C(=O)Nc1ccccc12. The van der Waals surface area contributed by atoms with Gasteiger partial charge in [-0.25, -0.2) is 0 Å². The van der Waals surface area contributed by atoms with E-state index in [0.717, 1.165) is 22.4 Å². The van der Waals surface area contributed by atoms with Gasteiger partial charge in [-0.15, -0.1) is 11.3 Å². The summed E-state index contributed by atoms with van der Waals surface area (Å²) < 4.78 is 0. The lowest BCUT2D eigenvalue weighted by Crippen LogP contribution is -2.51. The molecule has 1 fully saturated rings. The standard InChI is InChI=1S/C32H24N2O3S/c1-19-13-15-24-21(18-19)14-16-26-32(22-10-5-6-11-23(22)33-31(32)37)27(30(36)25-12-7-17-38-25)28(34(24)26)29(35)20-8-3-2-4-9-20/h2-18,26-28H,1H3,(H,33,37)/t26-,27-,28-,32-/m0/s1. The minimum atomic E-state index is -1.27. The first-order valence-corrected chi connectivity index (χ1v) is 13.5. The summed E-state index contributed by atoms with van der Waals surface area (Å²) in [6, 6.07) is 25.0. The van der Waals surface area contributed by atoms with E-state index in [9.17, 15) is 14.4 Å². The van der Waals surface area contributed by atoms with Crippen molar-refractivity contribution in [3.63, 3.8) is 0 Å². The molecule has 4 heterocycles. The number of nitrogens with one attached hydrogen (secondary N) is 1. The maximum atomic E-state index is 14.5. The molecule has 1 N–H and O–H groups in total. The maximum Gasteiger partial charge on any atom is 0.238 e. The minimum Gasteiger partial charge on any atom is -0.352 e. The zero-order valence-corrected chi connectivity index (χ0v) is 21.4. The molecule has 0 saturated carbocycles. The lowest BCUT2D eigenvalue weighted by atomic mass is 9.64. The van der Waals surface area contributed by atoms with Crippen LogP contribution in [0.5, 0.6) is 0 Å². The molecule has 3 aliphatic rings. The number of nitrogens with zero attached hydrogens (tertiary/aromatic N) is 1. The number of benzene rings is 3. The molecule has 3 aromatic carbocycles. The first-order chi connectivity index (χ1) is 18.5. The van der Waals surface area contributed by atoms with Gasteiger partial charge in [0, 0.05) is 16.9 Å². The fraction of sp³-hybridized carbons (Fsp3) is 0.156. The number of ketones is 2. The molecule has 1 saturated heterocycles. The summed E-state index contributed by atoms with van der Waals surface area (Å²) in [7, 11) is 0. The first-order valence-electron chi connectivity index (χ1n) is 12.7. The number of rotatable bonds is 4. The van der Waals surface area contributed by atoms with Crippen LogP contribution in [0, 0.1) is 12.8 Å². The molecule has 1 amide bonds. The third kappa shape index (κ3) is 3.01. The molecule has 0 bridgehead atoms. The molecule has 7 rings (SSSR count). The van der Waals surface area contributed by atoms with Crippen molar-refractivity contribution in [3.05, 3.63) is 124 Å². The van der Waals surface area contributed by atoms with Crippen LogP contribution in [0.15, 0.2) is 96.4 Å². The first kappa shape index (κ1) is 22.9. The van der Waals surface area contributed by atoms with Crippen molar-refractivity contribution in [2.45, 2.75) is 24.4 Å². The highest BCUT2D eigenvalue weighted by Crippen LogP contribution is 2.58. The van der Waals surface area contributed by atoms with Crippen LogP contribution in [0.1, 0.15) is 36.7 Å². The van der Waals surface area contributed by atoms with Crippen molar-refractivity contribution < 1.29 is 14.4 Å². The Hall–Kier alpha value is -4.29. The third-order valence-corrected chi connectivity index (χ3v) is 9.05. The number of fused-ring (bicyclic) bond motifs is 6. The van der Waals surface area contributed by atoms with Crippen molar-refractivity contribution in [1.82, 2.24) is 0 Å². The summed E-state index contributed by atoms with van der Waals surface area (Å²) >= 11 is 1.34. The van der Waals surface area contributed by atoms with Crippen LogP contribution in [0.25, 0.3) is 6.08 Å². The number of carbonyl (C=O) groups is 3. The van der Waals surface area contributed by atoms with Gasteiger partial charge in [0.25, 0.3) is 0 Å². The Bertz CT molecular complexity index is 1640. The van der Waals surface area contributed by atoms with Crippen molar-refractivity contribution >= 4 is 46.3 Å². The Balaban J connectivity index is 1.55. The van der Waals surface area contributed by atoms with E-state index in [0.29, 0.717) is 16.1 Å². The number of hydrogen-bond acceptors (Lipinski definition) is 5. The zero-order valence-electron chi connectivity index (χ0n) is 20.6. The molecule has 0 radical (unpaired) electrons. The third-order valence-electron chi connectivity index (χ3n) is 8.16. The molecule has 4 aromatic rings. The highest BCUT2D eigenvalue weighted by atomic mass is 32.1. The van der Waals surface area contributed by atoms with E-state index in [1.54, 1.807) is 18.2 Å². The number of hydrogen-bond donors (Lipinski definition) is 1. The number of carbonyl (C=O) groups excluding carboxylic acids is 3. The highest BCUT2D eigenvalue weighted by molar-refractivity contribution is 7.12. The van der Waals surface area contributed by atoms with E-state index >= 15 is 0 Å². The zero-order chi connectivity index (χ0) is 26.0. The van der Waals surface area contributed by atoms with Gasteiger partial charge < -0.3 is 10.2 Å². The predicted molar refractivity (Wildman–Crippen MR) is 150 cm³/mol. The summed E-state index contributed by atoms with van der Waals surface area (Å²) in [5, 5.41) is 4.92. The van der Waals surface area contributed by atoms with E-state index in [1.165, 1.54) is 11.3 Å². The topological polar surface area (TPSA) is 66.5 Å². The molecule has 1 spiro atoms. The average molecular weight is 517 g/mol. The molecule has 186 valence electrons. The Morgan fingerprint density at radius 1 is 0.921 bits per heavy atom. The van der Waals surface area contributed by atoms with Gasteiger partial charge in [-0.1, -0.05) is 78.4 Å². The maximum absolute atomic E-state index is 14.5. The largest absolute Gasteiger partial charge is 0.352 e. The lowest BCUT2D eigenvalue weighted by Gasteiger charge is -2.37. The van der Waals surface area contributed by atoms with E-state index in [4.69, 9.17) is 0 Å². The Morgan fingerprint density at radius 2 is 1.71 bits per heavy atom. The van der Waals surface area contributed by atoms with Crippen LogP contribution >= 0.6 is 11.3 Å². The molecular formula is C32H24N2O3S. The van der Waals surface area contributed by atoms with Gasteiger partial charge in [0.2, 0.25) is 5.91 Å². The molecular weight excluding hydrogens is 492 g/mol. The van der Waals surface area contributed by atoms with Crippen LogP contribution in [-0.4, -0.2) is 29.6 Å². The molecule has 0 unspecified atom stereocenters. The Morgan fingerprint density at radius 3 is 2.50 bits per heavy atom. The van der Waals surface area contributed by atoms with Crippen molar-refractivity contribution in [1.29, 1.82) is 0 Å². The summed E-state index contributed by atoms with van der Waals surface area (Å²) in [5.74, 6) is -1.52. The molecule has 0 aliphatic carbocycles. The Kier molecular flexibility index (Phi) is 5.03. The van der Waals surface area contributed by atoms with Crippen LogP contribution in [-0.2, 0) is 10.2 Å². The van der Waals surface area contributed by atoms with E-state index in [2.05, 4.69) is 11.4 Å². The fourth-order valence-electron chi connectivity index (χ4n) is 6.64. The number of para-hydroxylation sites is 1. The van der Waals surface area contributed by atoms with Crippen molar-refractivity contribution in [2.24, 2.45) is 5.92 Å². The monoisotopic (exact) mass is 516 g/mol. The smallest absolute Gasteiger partial charge is 0.238 e. The number of thiophene rings is 1. The number of anilines is 2. The van der Waals surface area contributed by atoms with Gasteiger partial charge in [-0.3, -0.25) is 14.4 Å². The van der Waals surface area contributed by atoms with Crippen LogP contribution < -0.4 is 10.2 Å². The van der Waals surface area contributed by atoms with Gasteiger partial charge in [0.1, 0.15) is 11.5 Å². The average Bonchev–Trinajstić information content (AvgIpc) is 3.65. The quantitative estimate of drug-likeness (QED) is 0.343. The second kappa shape index (κ2) is 8.36. The van der Waals surface area contributed by atoms with Gasteiger partial charge >= 0.3 is 0 Å². The van der Waals surface area contributed by atoms with Crippen molar-refractivity contribution in [2.75, 3.05) is 10.2 Å². The summed E-state index contributed by atoms with van der Waals surface area (Å²) in [4.78, 5) is 45.8. The van der Waals surface area contributed by atoms with Gasteiger partial charge in [-0.05, 0) is 47.7 Å². The minimum absolute atomic E-state index is 0.165. The van der Waals surface area contributed by atoms with Gasteiger partial charge in [0.15, 0.2) is 11.6 Å². The summed E-state index contributed by atoms with van der Waals surface area (Å²) in [6.45, 7) is 2.03. The number of Topliss-reactive ketones (excluding diaryl/α,β-unsaturated/α-hetero) is 2. The van der Waals surface area contributed by atoms with Crippen LogP contribution in [0.3, 0.4) is 0 Å². The van der Waals surface area contributed by atoms with E-state index in [-0.39, 0.29) is 17.5 Å². The normalized spacial score (nSPS) is 24.6. The number of amides is 1. The molecule has 6 heteroatoms. The molecule has 38 heavy (non-hydrogen) atoms. The Labute approximate surface area is 224 Å². The molecule has 3 aliphatic heterocycles. The second-order valence-electron chi connectivity index (χ2n) is 10.1. The summed E-state index contributed by atoms with van der Waals surface area (Å²) in [5.41, 5.74) is 3.63. The van der Waals surface area contributed by atoms with E-state index < -0.39 is 23.4 Å². The van der Waals surface area contributed by atoms with Crippen LogP contribution in [0.4, 0.5) is 11.4 Å². The van der Waals surface area contributed by atoms with Crippen molar-refractivity contribution in [3.8, 4) is 0 Å². The molecule has 5 nitrogen and oxygen atoms in total. The van der Waals surface area contributed by atoms with Gasteiger partial charge in [0.05, 0.1) is 16.8 Å². The fourth-order valence-corrected chi connectivity index (χ4v) is 7.35. The molecule has 4 atom stereocenters. The second-order valence-corrected chi connectivity index (χ2v) is 11.1. The predicted octanol–water partition coefficient (Wildman–Crippen LogP) is 5.91.